The summed E-state index contributed by atoms with van der Waals surface area (Å²) < 4.78 is 10.8. The molecule has 0 radical (unpaired) electrons. The Morgan fingerprint density at radius 1 is 1.19 bits per heavy atom. The van der Waals surface area contributed by atoms with E-state index in [0.717, 1.165) is 0 Å². The zero-order chi connectivity index (χ0) is 12.3. The van der Waals surface area contributed by atoms with Gasteiger partial charge in [0.05, 0.1) is 10.0 Å². The summed E-state index contributed by atoms with van der Waals surface area (Å²) in [5.74, 6) is -3.66. The highest BCUT2D eigenvalue weighted by atomic mass is 35.9. The number of urea groups is 1. The second-order valence-electron chi connectivity index (χ2n) is 2.66. The van der Waals surface area contributed by atoms with E-state index in [1.54, 1.807) is 0 Å². The van der Waals surface area contributed by atoms with Crippen molar-refractivity contribution in [1.82, 2.24) is 5.09 Å². The Morgan fingerprint density at radius 2 is 1.81 bits per heavy atom. The molecule has 0 heterocycles. The topological polar surface area (TPSA) is 58.2 Å². The van der Waals surface area contributed by atoms with Crippen LogP contribution in [0.2, 0.25) is 10.0 Å². The van der Waals surface area contributed by atoms with Crippen LogP contribution in [0, 0.1) is 0 Å². The van der Waals surface area contributed by atoms with Gasteiger partial charge in [0.2, 0.25) is 0 Å². The van der Waals surface area contributed by atoms with E-state index >= 15 is 0 Å². The van der Waals surface area contributed by atoms with Crippen LogP contribution < -0.4 is 10.4 Å². The molecule has 16 heavy (non-hydrogen) atoms. The molecule has 0 unspecified atom stereocenters. The van der Waals surface area contributed by atoms with E-state index in [1.807, 2.05) is 5.09 Å². The standard InChI is InChI=1S/C7H5Cl4N2O2P/c8-5-2-1-4(3-6(5)9)12-7(14)13-16(10,11)15/h1-3H,(H2,12,13,14,15). The molecule has 4 nitrogen and oxygen atoms in total. The predicted octanol–water partition coefficient (Wildman–Crippen LogP) is 4.70. The van der Waals surface area contributed by atoms with Crippen molar-refractivity contribution in [2.45, 2.75) is 0 Å². The van der Waals surface area contributed by atoms with Crippen LogP contribution in [-0.4, -0.2) is 6.03 Å². The van der Waals surface area contributed by atoms with Crippen LogP contribution in [0.3, 0.4) is 0 Å². The van der Waals surface area contributed by atoms with Crippen LogP contribution in [0.15, 0.2) is 18.2 Å². The first-order chi connectivity index (χ1) is 7.28. The maximum Gasteiger partial charge on any atom is 0.346 e. The molecule has 2 amide bonds. The van der Waals surface area contributed by atoms with Crippen molar-refractivity contribution in [2.24, 2.45) is 0 Å². The number of anilines is 1. The van der Waals surface area contributed by atoms with Crippen molar-refractivity contribution in [3.63, 3.8) is 0 Å². The lowest BCUT2D eigenvalue weighted by atomic mass is 10.3. The third-order valence-corrected chi connectivity index (χ3v) is 3.12. The van der Waals surface area contributed by atoms with E-state index in [0.29, 0.717) is 10.7 Å². The normalized spacial score (nSPS) is 11.0. The Bertz CT molecular complexity index is 462. The monoisotopic (exact) mass is 320 g/mol. The lowest BCUT2D eigenvalue weighted by molar-refractivity contribution is 0.256. The Morgan fingerprint density at radius 3 is 2.31 bits per heavy atom. The summed E-state index contributed by atoms with van der Waals surface area (Å²) in [6.45, 7) is 0. The van der Waals surface area contributed by atoms with Gasteiger partial charge in [0.1, 0.15) is 0 Å². The summed E-state index contributed by atoms with van der Waals surface area (Å²) in [5.41, 5.74) is 0.369. The van der Waals surface area contributed by atoms with E-state index in [4.69, 9.17) is 45.7 Å². The highest BCUT2D eigenvalue weighted by Crippen LogP contribution is 2.52. The van der Waals surface area contributed by atoms with E-state index in [2.05, 4.69) is 5.32 Å². The Hall–Kier alpha value is -0.120. The van der Waals surface area contributed by atoms with Crippen molar-refractivity contribution in [1.29, 1.82) is 0 Å². The van der Waals surface area contributed by atoms with Gasteiger partial charge in [0.25, 0.3) is 0 Å². The van der Waals surface area contributed by atoms with Gasteiger partial charge < -0.3 is 5.32 Å². The molecule has 9 heteroatoms. The molecule has 0 bridgehead atoms. The van der Waals surface area contributed by atoms with Crippen LogP contribution in [0.25, 0.3) is 0 Å². The summed E-state index contributed by atoms with van der Waals surface area (Å²) >= 11 is 21.7. The van der Waals surface area contributed by atoms with E-state index in [9.17, 15) is 9.36 Å². The number of hydrogen-bond donors (Lipinski definition) is 2. The summed E-state index contributed by atoms with van der Waals surface area (Å²) in [7, 11) is 0. The number of rotatable bonds is 2. The molecule has 0 saturated heterocycles. The lowest BCUT2D eigenvalue weighted by Crippen LogP contribution is -2.23. The zero-order valence-electron chi connectivity index (χ0n) is 7.51. The average molecular weight is 322 g/mol. The third-order valence-electron chi connectivity index (χ3n) is 1.41. The number of nitrogens with one attached hydrogen (secondary N) is 2. The van der Waals surface area contributed by atoms with Crippen molar-refractivity contribution in [3.05, 3.63) is 28.2 Å². The second-order valence-corrected chi connectivity index (χ2v) is 8.00. The second kappa shape index (κ2) is 5.48. The summed E-state index contributed by atoms with van der Waals surface area (Å²) in [6.07, 6.45) is 0. The molecule has 0 aliphatic heterocycles. The average Bonchev–Trinajstić information content (AvgIpc) is 2.08. The van der Waals surface area contributed by atoms with Crippen LogP contribution in [0.5, 0.6) is 0 Å². The first-order valence-electron chi connectivity index (χ1n) is 3.81. The van der Waals surface area contributed by atoms with Crippen molar-refractivity contribution < 1.29 is 9.36 Å². The lowest BCUT2D eigenvalue weighted by Gasteiger charge is -2.08. The Labute approximate surface area is 111 Å². The first kappa shape index (κ1) is 13.9. The van der Waals surface area contributed by atoms with Gasteiger partial charge in [-0.2, -0.15) is 0 Å². The molecule has 1 aromatic carbocycles. The van der Waals surface area contributed by atoms with Crippen molar-refractivity contribution in [3.8, 4) is 0 Å². The molecule has 0 aliphatic rings. The maximum absolute atomic E-state index is 11.2. The molecule has 0 aromatic heterocycles. The summed E-state index contributed by atoms with van der Waals surface area (Å²) in [4.78, 5) is 11.2. The fraction of sp³-hybridized carbons (Fsp3) is 0. The number of halogens is 4. The molecule has 1 aromatic rings. The molecule has 0 spiro atoms. The van der Waals surface area contributed by atoms with Gasteiger partial charge in [0.15, 0.2) is 0 Å². The van der Waals surface area contributed by atoms with Gasteiger partial charge in [0, 0.05) is 5.69 Å². The highest BCUT2D eigenvalue weighted by Gasteiger charge is 2.17. The molecule has 88 valence electrons. The molecular formula is C7H5Cl4N2O2P. The minimum atomic E-state index is -3.66. The van der Waals surface area contributed by atoms with Gasteiger partial charge in [-0.3, -0.25) is 9.65 Å². The van der Waals surface area contributed by atoms with E-state index in [-0.39, 0.29) is 5.02 Å². The van der Waals surface area contributed by atoms with Crippen molar-refractivity contribution in [2.75, 3.05) is 5.32 Å². The SMILES string of the molecule is O=C(Nc1ccc(Cl)c(Cl)c1)NP(=O)(Cl)Cl. The largest absolute Gasteiger partial charge is 0.346 e. The Balaban J connectivity index is 2.70. The summed E-state index contributed by atoms with van der Waals surface area (Å²) in [6, 6.07) is 3.64. The number of carbonyl (C=O) groups is 1. The van der Waals surface area contributed by atoms with E-state index < -0.39 is 12.0 Å². The highest BCUT2D eigenvalue weighted by molar-refractivity contribution is 8.07. The zero-order valence-corrected chi connectivity index (χ0v) is 11.4. The Kier molecular flexibility index (Phi) is 4.77. The predicted molar refractivity (Wildman–Crippen MR) is 67.9 cm³/mol. The van der Waals surface area contributed by atoms with Gasteiger partial charge in [-0.25, -0.2) is 4.79 Å². The third kappa shape index (κ3) is 4.81. The fourth-order valence-corrected chi connectivity index (χ4v) is 1.90. The maximum atomic E-state index is 11.2. The number of amides is 2. The van der Waals surface area contributed by atoms with Crippen LogP contribution in [0.1, 0.15) is 0 Å². The molecule has 2 N–H and O–H groups in total. The van der Waals surface area contributed by atoms with Gasteiger partial charge in [-0.05, 0) is 40.7 Å². The van der Waals surface area contributed by atoms with E-state index in [1.165, 1.54) is 18.2 Å². The van der Waals surface area contributed by atoms with Gasteiger partial charge >= 0.3 is 12.0 Å². The molecular weight excluding hydrogens is 317 g/mol. The number of carbonyl (C=O) groups excluding carboxylic acids is 1. The molecule has 0 fully saturated rings. The molecule has 1 rings (SSSR count). The minimum Gasteiger partial charge on any atom is -0.308 e. The van der Waals surface area contributed by atoms with Crippen LogP contribution in [0.4, 0.5) is 10.5 Å². The molecule has 0 atom stereocenters. The smallest absolute Gasteiger partial charge is 0.308 e. The van der Waals surface area contributed by atoms with Crippen LogP contribution >= 0.6 is 51.7 Å². The van der Waals surface area contributed by atoms with Crippen molar-refractivity contribution >= 4 is 63.4 Å². The molecule has 0 saturated carbocycles. The summed E-state index contributed by atoms with van der Waals surface area (Å²) in [5, 5.41) is 4.83. The quantitative estimate of drug-likeness (QED) is 0.775. The first-order valence-corrected chi connectivity index (χ1v) is 8.09. The molecule has 0 aliphatic carbocycles. The van der Waals surface area contributed by atoms with Gasteiger partial charge in [-0.1, -0.05) is 23.2 Å². The van der Waals surface area contributed by atoms with Gasteiger partial charge in [-0.15, -0.1) is 0 Å². The number of hydrogen-bond acceptors (Lipinski definition) is 2. The minimum absolute atomic E-state index is 0.277. The number of benzene rings is 1. The van der Waals surface area contributed by atoms with Crippen LogP contribution in [-0.2, 0) is 4.57 Å². The fourth-order valence-electron chi connectivity index (χ4n) is 0.851.